The highest BCUT2D eigenvalue weighted by Gasteiger charge is 2.25. The van der Waals surface area contributed by atoms with E-state index in [2.05, 4.69) is 181 Å². The minimum atomic E-state index is 0.868. The Morgan fingerprint density at radius 2 is 0.875 bits per heavy atom. The van der Waals surface area contributed by atoms with Gasteiger partial charge in [0.25, 0.3) is 0 Å². The van der Waals surface area contributed by atoms with E-state index in [-0.39, 0.29) is 0 Å². The summed E-state index contributed by atoms with van der Waals surface area (Å²) in [5, 5.41) is 11.9. The second kappa shape index (κ2) is 10.6. The molecule has 0 saturated carbocycles. The lowest BCUT2D eigenvalue weighted by Gasteiger charge is -2.28. The minimum absolute atomic E-state index is 0.868. The van der Waals surface area contributed by atoms with Crippen molar-refractivity contribution in [2.45, 2.75) is 0 Å². The standard InChI is InChI=1S/C46H29NO/c1-3-15-30(16-4-1)32-27-41-44-39-25-13-10-22-36(39)37-23-11-14-26-40(37)46(44)48-45(41)43(29-32)47(33-18-5-2-6-19-33)42-28-31-17-7-8-20-34(31)35-21-9-12-24-38(35)42/h1-29H. The summed E-state index contributed by atoms with van der Waals surface area (Å²) in [6.45, 7) is 0. The van der Waals surface area contributed by atoms with E-state index in [1.807, 2.05) is 0 Å². The smallest absolute Gasteiger partial charge is 0.159 e. The fourth-order valence-electron chi connectivity index (χ4n) is 7.66. The number of benzene rings is 9. The average Bonchev–Trinajstić information content (AvgIpc) is 3.56. The van der Waals surface area contributed by atoms with E-state index in [0.717, 1.165) is 55.5 Å². The summed E-state index contributed by atoms with van der Waals surface area (Å²) in [5.74, 6) is 0. The third-order valence-corrected chi connectivity index (χ3v) is 9.78. The highest BCUT2D eigenvalue weighted by molar-refractivity contribution is 6.31. The molecule has 1 aromatic heterocycles. The summed E-state index contributed by atoms with van der Waals surface area (Å²) < 4.78 is 7.18. The maximum Gasteiger partial charge on any atom is 0.159 e. The van der Waals surface area contributed by atoms with Crippen molar-refractivity contribution in [2.75, 3.05) is 4.90 Å². The van der Waals surface area contributed by atoms with Crippen LogP contribution in [0.15, 0.2) is 180 Å². The first kappa shape index (κ1) is 26.8. The molecule has 0 atom stereocenters. The molecule has 0 bridgehead atoms. The average molecular weight is 612 g/mol. The zero-order chi connectivity index (χ0) is 31.6. The Balaban J connectivity index is 1.41. The van der Waals surface area contributed by atoms with E-state index in [0.29, 0.717) is 0 Å². The van der Waals surface area contributed by atoms with E-state index in [9.17, 15) is 0 Å². The maximum absolute atomic E-state index is 7.18. The van der Waals surface area contributed by atoms with Gasteiger partial charge < -0.3 is 9.32 Å². The van der Waals surface area contributed by atoms with Crippen LogP contribution in [0.1, 0.15) is 0 Å². The lowest BCUT2D eigenvalue weighted by atomic mass is 9.95. The van der Waals surface area contributed by atoms with Crippen molar-refractivity contribution in [1.29, 1.82) is 0 Å². The van der Waals surface area contributed by atoms with Crippen LogP contribution < -0.4 is 4.90 Å². The van der Waals surface area contributed by atoms with Crippen molar-refractivity contribution in [2.24, 2.45) is 0 Å². The zero-order valence-corrected chi connectivity index (χ0v) is 26.1. The van der Waals surface area contributed by atoms with Crippen LogP contribution >= 0.6 is 0 Å². The van der Waals surface area contributed by atoms with E-state index < -0.39 is 0 Å². The maximum atomic E-state index is 7.18. The second-order valence-electron chi connectivity index (χ2n) is 12.5. The molecule has 0 unspecified atom stereocenters. The van der Waals surface area contributed by atoms with Gasteiger partial charge in [-0.1, -0.05) is 146 Å². The topological polar surface area (TPSA) is 16.4 Å². The molecule has 0 saturated heterocycles. The molecule has 2 heteroatoms. The summed E-state index contributed by atoms with van der Waals surface area (Å²) in [4.78, 5) is 2.40. The highest BCUT2D eigenvalue weighted by Crippen LogP contribution is 2.49. The van der Waals surface area contributed by atoms with Crippen molar-refractivity contribution in [3.8, 4) is 11.1 Å². The quantitative estimate of drug-likeness (QED) is 0.184. The number of fused-ring (bicyclic) bond motifs is 11. The molecule has 224 valence electrons. The summed E-state index contributed by atoms with van der Waals surface area (Å²) >= 11 is 0. The number of rotatable bonds is 4. The third-order valence-electron chi connectivity index (χ3n) is 9.78. The molecule has 0 radical (unpaired) electrons. The summed E-state index contributed by atoms with van der Waals surface area (Å²) in [7, 11) is 0. The number of hydrogen-bond donors (Lipinski definition) is 0. The molecule has 10 aromatic rings. The lowest BCUT2D eigenvalue weighted by Crippen LogP contribution is -2.11. The number of hydrogen-bond acceptors (Lipinski definition) is 2. The van der Waals surface area contributed by atoms with Gasteiger partial charge in [0.15, 0.2) is 5.58 Å². The van der Waals surface area contributed by atoms with E-state index >= 15 is 0 Å². The minimum Gasteiger partial charge on any atom is -0.453 e. The molecule has 9 aromatic carbocycles. The van der Waals surface area contributed by atoms with Crippen molar-refractivity contribution >= 4 is 82.1 Å². The fourth-order valence-corrected chi connectivity index (χ4v) is 7.66. The molecule has 0 aliphatic carbocycles. The molecular weight excluding hydrogens is 583 g/mol. The summed E-state index contributed by atoms with van der Waals surface area (Å²) in [6.07, 6.45) is 0. The Bertz CT molecular complexity index is 2830. The highest BCUT2D eigenvalue weighted by atomic mass is 16.3. The molecule has 1 heterocycles. The van der Waals surface area contributed by atoms with Crippen molar-refractivity contribution in [1.82, 2.24) is 0 Å². The van der Waals surface area contributed by atoms with E-state index in [4.69, 9.17) is 4.42 Å². The Morgan fingerprint density at radius 3 is 1.60 bits per heavy atom. The molecule has 0 fully saturated rings. The van der Waals surface area contributed by atoms with E-state index in [1.165, 1.54) is 37.7 Å². The van der Waals surface area contributed by atoms with Gasteiger partial charge in [0.1, 0.15) is 5.58 Å². The zero-order valence-electron chi connectivity index (χ0n) is 26.1. The number of anilines is 3. The van der Waals surface area contributed by atoms with Gasteiger partial charge in [-0.2, -0.15) is 0 Å². The Morgan fingerprint density at radius 1 is 0.333 bits per heavy atom. The van der Waals surface area contributed by atoms with Crippen LogP contribution in [0.3, 0.4) is 0 Å². The fraction of sp³-hybridized carbons (Fsp3) is 0. The van der Waals surface area contributed by atoms with Gasteiger partial charge in [0.05, 0.1) is 11.4 Å². The molecule has 10 rings (SSSR count). The normalized spacial score (nSPS) is 11.8. The van der Waals surface area contributed by atoms with Gasteiger partial charge in [-0.3, -0.25) is 0 Å². The van der Waals surface area contributed by atoms with Crippen LogP contribution in [0.2, 0.25) is 0 Å². The molecule has 0 aliphatic heterocycles. The van der Waals surface area contributed by atoms with Crippen LogP contribution in [-0.4, -0.2) is 0 Å². The SMILES string of the molecule is c1ccc(-c2cc(N(c3ccccc3)c3cc4ccccc4c4ccccc34)c3oc4c5ccccc5c5ccccc5c4c3c2)cc1. The molecule has 2 nitrogen and oxygen atoms in total. The monoisotopic (exact) mass is 611 g/mol. The Labute approximate surface area is 277 Å². The largest absolute Gasteiger partial charge is 0.453 e. The first-order valence-corrected chi connectivity index (χ1v) is 16.4. The Hall–Kier alpha value is -6.38. The predicted molar refractivity (Wildman–Crippen MR) is 204 cm³/mol. The Kier molecular flexibility index (Phi) is 5.91. The van der Waals surface area contributed by atoms with Crippen molar-refractivity contribution in [3.05, 3.63) is 176 Å². The molecule has 0 N–H and O–H groups in total. The second-order valence-corrected chi connectivity index (χ2v) is 12.5. The summed E-state index contributed by atoms with van der Waals surface area (Å²) in [5.41, 5.74) is 7.27. The van der Waals surface area contributed by atoms with Crippen molar-refractivity contribution in [3.63, 3.8) is 0 Å². The lowest BCUT2D eigenvalue weighted by molar-refractivity contribution is 0.673. The molecule has 48 heavy (non-hydrogen) atoms. The van der Waals surface area contributed by atoms with Crippen LogP contribution in [0.5, 0.6) is 0 Å². The van der Waals surface area contributed by atoms with Gasteiger partial charge in [-0.15, -0.1) is 0 Å². The molecular formula is C46H29NO. The van der Waals surface area contributed by atoms with Crippen LogP contribution in [-0.2, 0) is 0 Å². The predicted octanol–water partition coefficient (Wildman–Crippen LogP) is 13.3. The van der Waals surface area contributed by atoms with Gasteiger partial charge in [0, 0.05) is 27.2 Å². The first-order chi connectivity index (χ1) is 23.8. The van der Waals surface area contributed by atoms with Gasteiger partial charge in [-0.25, -0.2) is 0 Å². The first-order valence-electron chi connectivity index (χ1n) is 16.4. The number of para-hydroxylation sites is 1. The molecule has 0 spiro atoms. The van der Waals surface area contributed by atoms with Gasteiger partial charge in [-0.05, 0) is 73.8 Å². The van der Waals surface area contributed by atoms with Crippen molar-refractivity contribution < 1.29 is 4.42 Å². The molecule has 0 aliphatic rings. The number of nitrogens with zero attached hydrogens (tertiary/aromatic N) is 1. The number of furan rings is 1. The van der Waals surface area contributed by atoms with Gasteiger partial charge >= 0.3 is 0 Å². The molecule has 0 amide bonds. The van der Waals surface area contributed by atoms with Crippen LogP contribution in [0.25, 0.3) is 76.2 Å². The van der Waals surface area contributed by atoms with Gasteiger partial charge in [0.2, 0.25) is 0 Å². The summed E-state index contributed by atoms with van der Waals surface area (Å²) in [6, 6.07) is 63.1. The van der Waals surface area contributed by atoms with Crippen LogP contribution in [0, 0.1) is 0 Å². The van der Waals surface area contributed by atoms with E-state index in [1.54, 1.807) is 0 Å². The third kappa shape index (κ3) is 4.00. The van der Waals surface area contributed by atoms with Crippen LogP contribution in [0.4, 0.5) is 17.1 Å².